The average molecular weight is 472 g/mol. The van der Waals surface area contributed by atoms with E-state index in [0.717, 1.165) is 0 Å². The van der Waals surface area contributed by atoms with Crippen molar-refractivity contribution in [1.29, 1.82) is 0 Å². The van der Waals surface area contributed by atoms with Crippen LogP contribution in [-0.4, -0.2) is 39.3 Å². The third-order valence-electron chi connectivity index (χ3n) is 4.73. The van der Waals surface area contributed by atoms with E-state index in [1.807, 2.05) is 13.0 Å². The number of methoxy groups -OCH3 is 1. The molecule has 32 heavy (non-hydrogen) atoms. The van der Waals surface area contributed by atoms with Gasteiger partial charge in [0.25, 0.3) is 15.9 Å². The molecule has 2 heterocycles. The van der Waals surface area contributed by atoms with Gasteiger partial charge in [-0.3, -0.25) is 4.31 Å². The molecule has 0 N–H and O–H groups in total. The zero-order valence-electron chi connectivity index (χ0n) is 17.7. The number of para-hydroxylation sites is 1. The number of nitrogens with zero attached hydrogens (tertiary/aromatic N) is 3. The summed E-state index contributed by atoms with van der Waals surface area (Å²) >= 11 is 1.22. The van der Waals surface area contributed by atoms with Crippen molar-refractivity contribution in [2.75, 3.05) is 25.1 Å². The Morgan fingerprint density at radius 2 is 1.88 bits per heavy atom. The van der Waals surface area contributed by atoms with E-state index < -0.39 is 10.0 Å². The molecule has 0 radical (unpaired) electrons. The van der Waals surface area contributed by atoms with E-state index in [1.165, 1.54) is 22.7 Å². The number of ether oxygens (including phenoxy) is 2. The molecule has 4 rings (SSSR count). The first-order valence-corrected chi connectivity index (χ1v) is 12.0. The lowest BCUT2D eigenvalue weighted by atomic mass is 10.2. The minimum Gasteiger partial charge on any atom is -0.493 e. The van der Waals surface area contributed by atoms with Gasteiger partial charge < -0.3 is 14.0 Å². The molecule has 8 nitrogen and oxygen atoms in total. The molecule has 0 saturated carbocycles. The van der Waals surface area contributed by atoms with E-state index in [1.54, 1.807) is 61.0 Å². The standard InChI is InChI=1S/C22H21N3O5S2/c1-4-29-17-11-10-15(14-18(17)28-3)21-23-22(30-24-21)20-19(12-13-31-20)32(26,27)25(2)16-8-6-5-7-9-16/h5-14H,4H2,1-3H3. The van der Waals surface area contributed by atoms with Crippen LogP contribution in [0, 0.1) is 0 Å². The normalized spacial score (nSPS) is 11.3. The fraction of sp³-hybridized carbons (Fsp3) is 0.182. The highest BCUT2D eigenvalue weighted by Gasteiger charge is 2.28. The summed E-state index contributed by atoms with van der Waals surface area (Å²) in [6.45, 7) is 2.40. The van der Waals surface area contributed by atoms with Gasteiger partial charge in [0.2, 0.25) is 5.82 Å². The van der Waals surface area contributed by atoms with Crippen molar-refractivity contribution in [3.8, 4) is 33.7 Å². The molecule has 0 spiro atoms. The SMILES string of the molecule is CCOc1ccc(-c2noc(-c3sccc3S(=O)(=O)N(C)c3ccccc3)n2)cc1OC. The van der Waals surface area contributed by atoms with Gasteiger partial charge in [-0.25, -0.2) is 8.42 Å². The number of sulfonamides is 1. The smallest absolute Gasteiger partial charge is 0.269 e. The second-order valence-electron chi connectivity index (χ2n) is 6.64. The van der Waals surface area contributed by atoms with E-state index in [2.05, 4.69) is 10.1 Å². The summed E-state index contributed by atoms with van der Waals surface area (Å²) in [6, 6.07) is 15.7. The second kappa shape index (κ2) is 9.01. The first kappa shape index (κ1) is 21.8. The minimum absolute atomic E-state index is 0.105. The summed E-state index contributed by atoms with van der Waals surface area (Å²) in [5.41, 5.74) is 1.21. The Labute approximate surface area is 190 Å². The van der Waals surface area contributed by atoms with Crippen molar-refractivity contribution in [1.82, 2.24) is 10.1 Å². The van der Waals surface area contributed by atoms with E-state index in [4.69, 9.17) is 14.0 Å². The maximum Gasteiger partial charge on any atom is 0.269 e. The molecule has 0 bridgehead atoms. The fourth-order valence-corrected chi connectivity index (χ4v) is 5.61. The van der Waals surface area contributed by atoms with Gasteiger partial charge in [0.1, 0.15) is 9.77 Å². The lowest BCUT2D eigenvalue weighted by Crippen LogP contribution is -2.26. The minimum atomic E-state index is -3.83. The fourth-order valence-electron chi connectivity index (χ4n) is 3.10. The summed E-state index contributed by atoms with van der Waals surface area (Å²) in [6.07, 6.45) is 0. The van der Waals surface area contributed by atoms with Gasteiger partial charge in [-0.05, 0) is 48.7 Å². The zero-order valence-corrected chi connectivity index (χ0v) is 19.3. The van der Waals surface area contributed by atoms with E-state index in [9.17, 15) is 8.42 Å². The number of rotatable bonds is 8. The Hall–Kier alpha value is -3.37. The molecule has 0 aliphatic heterocycles. The Kier molecular flexibility index (Phi) is 6.15. The Morgan fingerprint density at radius 3 is 2.59 bits per heavy atom. The maximum atomic E-state index is 13.3. The van der Waals surface area contributed by atoms with Gasteiger partial charge >= 0.3 is 0 Å². The molecule has 166 valence electrons. The van der Waals surface area contributed by atoms with Crippen molar-refractivity contribution < 1.29 is 22.4 Å². The van der Waals surface area contributed by atoms with Crippen LogP contribution >= 0.6 is 11.3 Å². The number of benzene rings is 2. The van der Waals surface area contributed by atoms with E-state index in [0.29, 0.717) is 40.1 Å². The van der Waals surface area contributed by atoms with Crippen molar-refractivity contribution in [3.63, 3.8) is 0 Å². The topological polar surface area (TPSA) is 94.8 Å². The molecule has 2 aromatic carbocycles. The van der Waals surface area contributed by atoms with Gasteiger partial charge in [0, 0.05) is 12.6 Å². The molecular weight excluding hydrogens is 450 g/mol. The number of aromatic nitrogens is 2. The van der Waals surface area contributed by atoms with Gasteiger partial charge in [-0.2, -0.15) is 4.98 Å². The average Bonchev–Trinajstić information content (AvgIpc) is 3.49. The molecule has 10 heteroatoms. The predicted molar refractivity (Wildman–Crippen MR) is 123 cm³/mol. The maximum absolute atomic E-state index is 13.3. The first-order chi connectivity index (χ1) is 15.5. The molecular formula is C22H21N3O5S2. The summed E-state index contributed by atoms with van der Waals surface area (Å²) in [5.74, 6) is 1.59. The molecule has 0 aliphatic carbocycles. The number of hydrogen-bond acceptors (Lipinski definition) is 8. The number of hydrogen-bond donors (Lipinski definition) is 0. The lowest BCUT2D eigenvalue weighted by Gasteiger charge is -2.19. The second-order valence-corrected chi connectivity index (χ2v) is 9.50. The predicted octanol–water partition coefficient (Wildman–Crippen LogP) is 4.70. The van der Waals surface area contributed by atoms with Crippen LogP contribution in [0.15, 0.2) is 69.4 Å². The van der Waals surface area contributed by atoms with Crippen LogP contribution in [0.4, 0.5) is 5.69 Å². The van der Waals surface area contributed by atoms with Crippen LogP contribution in [0.1, 0.15) is 6.92 Å². The molecule has 0 atom stereocenters. The largest absolute Gasteiger partial charge is 0.493 e. The highest BCUT2D eigenvalue weighted by Crippen LogP contribution is 2.36. The Bertz CT molecular complexity index is 1320. The van der Waals surface area contributed by atoms with E-state index in [-0.39, 0.29) is 10.8 Å². The quantitative estimate of drug-likeness (QED) is 0.368. The van der Waals surface area contributed by atoms with Crippen LogP contribution < -0.4 is 13.8 Å². The Morgan fingerprint density at radius 1 is 1.09 bits per heavy atom. The van der Waals surface area contributed by atoms with Crippen LogP contribution in [0.25, 0.3) is 22.2 Å². The summed E-state index contributed by atoms with van der Waals surface area (Å²) < 4.78 is 44.1. The van der Waals surface area contributed by atoms with Crippen LogP contribution in [-0.2, 0) is 10.0 Å². The van der Waals surface area contributed by atoms with Crippen LogP contribution in [0.3, 0.4) is 0 Å². The summed E-state index contributed by atoms with van der Waals surface area (Å²) in [5, 5.41) is 5.72. The lowest BCUT2D eigenvalue weighted by molar-refractivity contribution is 0.311. The highest BCUT2D eigenvalue weighted by atomic mass is 32.2. The van der Waals surface area contributed by atoms with Crippen molar-refractivity contribution in [2.24, 2.45) is 0 Å². The molecule has 0 fully saturated rings. The van der Waals surface area contributed by atoms with Crippen LogP contribution in [0.2, 0.25) is 0 Å². The summed E-state index contributed by atoms with van der Waals surface area (Å²) in [4.78, 5) is 4.92. The monoisotopic (exact) mass is 471 g/mol. The van der Waals surface area contributed by atoms with Gasteiger partial charge in [0.15, 0.2) is 11.5 Å². The van der Waals surface area contributed by atoms with Gasteiger partial charge in [-0.1, -0.05) is 23.4 Å². The molecule has 0 saturated heterocycles. The van der Waals surface area contributed by atoms with Crippen molar-refractivity contribution >= 4 is 27.0 Å². The third-order valence-corrected chi connectivity index (χ3v) is 7.59. The van der Waals surface area contributed by atoms with Crippen LogP contribution in [0.5, 0.6) is 11.5 Å². The van der Waals surface area contributed by atoms with E-state index >= 15 is 0 Å². The van der Waals surface area contributed by atoms with Crippen molar-refractivity contribution in [2.45, 2.75) is 11.8 Å². The highest BCUT2D eigenvalue weighted by molar-refractivity contribution is 7.93. The third kappa shape index (κ3) is 4.06. The molecule has 0 unspecified atom stereocenters. The molecule has 4 aromatic rings. The molecule has 0 amide bonds. The van der Waals surface area contributed by atoms with Gasteiger partial charge in [-0.15, -0.1) is 11.3 Å². The summed E-state index contributed by atoms with van der Waals surface area (Å²) in [7, 11) is -0.764. The molecule has 2 aromatic heterocycles. The number of thiophene rings is 1. The zero-order chi connectivity index (χ0) is 22.7. The Balaban J connectivity index is 1.68. The number of anilines is 1. The van der Waals surface area contributed by atoms with Gasteiger partial charge in [0.05, 0.1) is 19.4 Å². The first-order valence-electron chi connectivity index (χ1n) is 9.72. The molecule has 0 aliphatic rings. The van der Waals surface area contributed by atoms with Crippen molar-refractivity contribution in [3.05, 3.63) is 60.0 Å².